The summed E-state index contributed by atoms with van der Waals surface area (Å²) in [6.07, 6.45) is 4.51. The quantitative estimate of drug-likeness (QED) is 0.815. The van der Waals surface area contributed by atoms with Crippen LogP contribution in [0.4, 0.5) is 0 Å². The molecule has 5 nitrogen and oxygen atoms in total. The topological polar surface area (TPSA) is 53.5 Å². The Morgan fingerprint density at radius 1 is 1.53 bits per heavy atom. The molecule has 19 heavy (non-hydrogen) atoms. The molecule has 1 saturated heterocycles. The second kappa shape index (κ2) is 6.30. The van der Waals surface area contributed by atoms with E-state index in [1.165, 1.54) is 20.7 Å². The van der Waals surface area contributed by atoms with Crippen LogP contribution in [-0.2, 0) is 16.4 Å². The lowest BCUT2D eigenvalue weighted by Gasteiger charge is -2.33. The average Bonchev–Trinajstić information content (AvgIpc) is 2.89. The molecule has 0 N–H and O–H groups in total. The molecule has 7 heteroatoms. The predicted octanol–water partition coefficient (Wildman–Crippen LogP) is 1.04. The standard InChI is InChI=1S/C12H21N3O2S2/c1-14(2)19(16,17)12-4-3-8-15(10-12)9-6-11-5-7-13-18-11/h5,7,12H,3-4,6,8-10H2,1-2H3. The van der Waals surface area contributed by atoms with Crippen molar-refractivity contribution in [2.24, 2.45) is 0 Å². The van der Waals surface area contributed by atoms with Gasteiger partial charge in [-0.2, -0.15) is 0 Å². The molecule has 1 aromatic rings. The fourth-order valence-electron chi connectivity index (χ4n) is 2.40. The molecule has 1 aromatic heterocycles. The van der Waals surface area contributed by atoms with Crippen LogP contribution in [0.25, 0.3) is 0 Å². The van der Waals surface area contributed by atoms with Gasteiger partial charge in [0.15, 0.2) is 0 Å². The summed E-state index contributed by atoms with van der Waals surface area (Å²) >= 11 is 1.52. The molecule has 0 saturated carbocycles. The number of aromatic nitrogens is 1. The van der Waals surface area contributed by atoms with Crippen molar-refractivity contribution in [3.63, 3.8) is 0 Å². The number of likely N-dealkylation sites (tertiary alicyclic amines) is 1. The number of hydrogen-bond acceptors (Lipinski definition) is 5. The van der Waals surface area contributed by atoms with Gasteiger partial charge in [0, 0.05) is 38.3 Å². The molecule has 2 rings (SSSR count). The summed E-state index contributed by atoms with van der Waals surface area (Å²) in [5, 5.41) is -0.252. The second-order valence-electron chi connectivity index (χ2n) is 5.12. The maximum absolute atomic E-state index is 12.2. The number of sulfonamides is 1. The Bertz CT molecular complexity index is 485. The van der Waals surface area contributed by atoms with E-state index in [-0.39, 0.29) is 5.25 Å². The highest BCUT2D eigenvalue weighted by atomic mass is 32.2. The summed E-state index contributed by atoms with van der Waals surface area (Å²) in [5.74, 6) is 0. The molecular weight excluding hydrogens is 282 g/mol. The van der Waals surface area contributed by atoms with E-state index in [0.717, 1.165) is 32.4 Å². The molecule has 0 amide bonds. The Hall–Kier alpha value is -0.500. The largest absolute Gasteiger partial charge is 0.302 e. The van der Waals surface area contributed by atoms with Crippen molar-refractivity contribution in [3.05, 3.63) is 17.1 Å². The first-order chi connectivity index (χ1) is 9.00. The van der Waals surface area contributed by atoms with Crippen LogP contribution in [0.3, 0.4) is 0 Å². The monoisotopic (exact) mass is 303 g/mol. The van der Waals surface area contributed by atoms with Crippen molar-refractivity contribution >= 4 is 21.6 Å². The van der Waals surface area contributed by atoms with Crippen molar-refractivity contribution in [2.45, 2.75) is 24.5 Å². The maximum atomic E-state index is 12.2. The molecular formula is C12H21N3O2S2. The normalized spacial score (nSPS) is 21.9. The first-order valence-electron chi connectivity index (χ1n) is 6.53. The zero-order valence-electron chi connectivity index (χ0n) is 11.4. The smallest absolute Gasteiger partial charge is 0.217 e. The minimum atomic E-state index is -3.12. The van der Waals surface area contributed by atoms with Gasteiger partial charge >= 0.3 is 0 Å². The van der Waals surface area contributed by atoms with Gasteiger partial charge in [0.2, 0.25) is 10.0 Å². The van der Waals surface area contributed by atoms with Gasteiger partial charge in [-0.05, 0) is 43.4 Å². The van der Waals surface area contributed by atoms with Gasteiger partial charge in [-0.1, -0.05) is 0 Å². The number of hydrogen-bond donors (Lipinski definition) is 0. The minimum absolute atomic E-state index is 0.252. The Balaban J connectivity index is 1.90. The van der Waals surface area contributed by atoms with Gasteiger partial charge in [0.25, 0.3) is 0 Å². The van der Waals surface area contributed by atoms with E-state index in [4.69, 9.17) is 0 Å². The Kier molecular flexibility index (Phi) is 4.94. The van der Waals surface area contributed by atoms with Crippen LogP contribution in [0.1, 0.15) is 17.7 Å². The van der Waals surface area contributed by atoms with Crippen molar-refractivity contribution in [3.8, 4) is 0 Å². The molecule has 0 bridgehead atoms. The first-order valence-corrected chi connectivity index (χ1v) is 8.81. The Morgan fingerprint density at radius 2 is 2.32 bits per heavy atom. The van der Waals surface area contributed by atoms with E-state index in [1.54, 1.807) is 14.1 Å². The van der Waals surface area contributed by atoms with E-state index >= 15 is 0 Å². The highest BCUT2D eigenvalue weighted by Gasteiger charge is 2.31. The van der Waals surface area contributed by atoms with Crippen LogP contribution in [0.5, 0.6) is 0 Å². The molecule has 108 valence electrons. The summed E-state index contributed by atoms with van der Waals surface area (Å²) < 4.78 is 29.7. The lowest BCUT2D eigenvalue weighted by Crippen LogP contribution is -2.46. The molecule has 1 fully saturated rings. The van der Waals surface area contributed by atoms with Crippen molar-refractivity contribution in [1.29, 1.82) is 0 Å². The number of rotatable bonds is 5. The fraction of sp³-hybridized carbons (Fsp3) is 0.750. The summed E-state index contributed by atoms with van der Waals surface area (Å²) in [6, 6.07) is 2.03. The van der Waals surface area contributed by atoms with E-state index in [0.29, 0.717) is 6.54 Å². The van der Waals surface area contributed by atoms with Gasteiger partial charge in [0.05, 0.1) is 5.25 Å². The third kappa shape index (κ3) is 3.75. The average molecular weight is 303 g/mol. The zero-order valence-corrected chi connectivity index (χ0v) is 13.1. The fourth-order valence-corrected chi connectivity index (χ4v) is 4.42. The van der Waals surface area contributed by atoms with Gasteiger partial charge < -0.3 is 4.90 Å². The highest BCUT2D eigenvalue weighted by Crippen LogP contribution is 2.19. The van der Waals surface area contributed by atoms with Crippen LogP contribution in [-0.4, -0.2) is 61.0 Å². The van der Waals surface area contributed by atoms with Crippen molar-refractivity contribution in [2.75, 3.05) is 33.7 Å². The predicted molar refractivity (Wildman–Crippen MR) is 77.9 cm³/mol. The Morgan fingerprint density at radius 3 is 2.95 bits per heavy atom. The number of nitrogens with zero attached hydrogens (tertiary/aromatic N) is 3. The first kappa shape index (κ1) is 14.9. The number of piperidine rings is 1. The van der Waals surface area contributed by atoms with E-state index < -0.39 is 10.0 Å². The molecule has 0 aromatic carbocycles. The lowest BCUT2D eigenvalue weighted by atomic mass is 10.1. The molecule has 1 atom stereocenters. The molecule has 1 unspecified atom stereocenters. The van der Waals surface area contributed by atoms with Gasteiger partial charge in [-0.15, -0.1) is 0 Å². The van der Waals surface area contributed by atoms with E-state index in [9.17, 15) is 8.42 Å². The van der Waals surface area contributed by atoms with Crippen molar-refractivity contribution < 1.29 is 8.42 Å². The minimum Gasteiger partial charge on any atom is -0.302 e. The van der Waals surface area contributed by atoms with Gasteiger partial charge in [-0.25, -0.2) is 17.1 Å². The van der Waals surface area contributed by atoms with Gasteiger partial charge in [0.1, 0.15) is 0 Å². The maximum Gasteiger partial charge on any atom is 0.217 e. The van der Waals surface area contributed by atoms with E-state index in [2.05, 4.69) is 9.27 Å². The molecule has 1 aliphatic rings. The third-order valence-corrected chi connectivity index (χ3v) is 6.61. The summed E-state index contributed by atoms with van der Waals surface area (Å²) in [7, 11) is 0.110. The zero-order chi connectivity index (χ0) is 13.9. The summed E-state index contributed by atoms with van der Waals surface area (Å²) in [5.41, 5.74) is 0. The molecule has 0 radical (unpaired) electrons. The van der Waals surface area contributed by atoms with Gasteiger partial charge in [-0.3, -0.25) is 0 Å². The van der Waals surface area contributed by atoms with Crippen LogP contribution >= 0.6 is 11.5 Å². The van der Waals surface area contributed by atoms with Crippen LogP contribution in [0.15, 0.2) is 12.3 Å². The van der Waals surface area contributed by atoms with Crippen molar-refractivity contribution in [1.82, 2.24) is 13.6 Å². The second-order valence-corrected chi connectivity index (χ2v) is 8.47. The lowest BCUT2D eigenvalue weighted by molar-refractivity contribution is 0.231. The SMILES string of the molecule is CN(C)S(=O)(=O)C1CCCN(CCc2ccns2)C1. The Labute approximate surface area is 119 Å². The van der Waals surface area contributed by atoms with Crippen LogP contribution < -0.4 is 0 Å². The van der Waals surface area contributed by atoms with Crippen LogP contribution in [0.2, 0.25) is 0 Å². The highest BCUT2D eigenvalue weighted by molar-refractivity contribution is 7.89. The third-order valence-electron chi connectivity index (χ3n) is 3.56. The van der Waals surface area contributed by atoms with E-state index in [1.807, 2.05) is 12.3 Å². The van der Waals surface area contributed by atoms with Crippen LogP contribution in [0, 0.1) is 0 Å². The molecule has 1 aliphatic heterocycles. The molecule has 0 spiro atoms. The summed E-state index contributed by atoms with van der Waals surface area (Å²) in [4.78, 5) is 3.52. The summed E-state index contributed by atoms with van der Waals surface area (Å²) in [6.45, 7) is 2.57. The molecule has 2 heterocycles. The molecule has 0 aliphatic carbocycles.